The number of nitrogens with zero attached hydrogens (tertiary/aromatic N) is 2. The van der Waals surface area contributed by atoms with Gasteiger partial charge in [0.2, 0.25) is 5.88 Å². The van der Waals surface area contributed by atoms with Crippen LogP contribution in [-0.2, 0) is 0 Å². The molecule has 2 aromatic carbocycles. The van der Waals surface area contributed by atoms with Crippen LogP contribution in [0.5, 0.6) is 17.4 Å². The van der Waals surface area contributed by atoms with Crippen LogP contribution in [-0.4, -0.2) is 43.7 Å². The molecule has 9 nitrogen and oxygen atoms in total. The lowest BCUT2D eigenvalue weighted by atomic mass is 10.2. The molecule has 3 rings (SSSR count). The number of phenols is 1. The molecule has 0 aliphatic carbocycles. The maximum atomic E-state index is 12.3. The second kappa shape index (κ2) is 8.62. The molecule has 0 fully saturated rings. The van der Waals surface area contributed by atoms with Crippen molar-refractivity contribution in [1.82, 2.24) is 9.55 Å². The Labute approximate surface area is 175 Å². The van der Waals surface area contributed by atoms with Gasteiger partial charge in [-0.05, 0) is 61.6 Å². The number of carboxylic acid groups (broad SMARTS) is 1. The van der Waals surface area contributed by atoms with Crippen LogP contribution in [0.4, 0.5) is 5.69 Å². The van der Waals surface area contributed by atoms with E-state index in [1.165, 1.54) is 16.7 Å². The van der Waals surface area contributed by atoms with Crippen molar-refractivity contribution in [1.29, 1.82) is 0 Å². The molecule has 4 N–H and O–H groups in total. The lowest BCUT2D eigenvalue weighted by molar-refractivity contribution is 0.0696. The number of carbonyl (C=O) groups is 1. The van der Waals surface area contributed by atoms with Crippen molar-refractivity contribution in [2.75, 3.05) is 6.61 Å². The minimum atomic E-state index is -1.20. The topological polar surface area (TPSA) is 137 Å². The van der Waals surface area contributed by atoms with Gasteiger partial charge in [-0.15, -0.1) is 0 Å². The average molecular weight is 427 g/mol. The summed E-state index contributed by atoms with van der Waals surface area (Å²) in [4.78, 5) is 29.7. The molecule has 3 aromatic rings. The zero-order chi connectivity index (χ0) is 21.8. The highest BCUT2D eigenvalue weighted by Gasteiger charge is 2.13. The Bertz CT molecular complexity index is 1240. The van der Waals surface area contributed by atoms with Gasteiger partial charge in [-0.25, -0.2) is 4.79 Å². The van der Waals surface area contributed by atoms with Gasteiger partial charge in [0.15, 0.2) is 4.77 Å². The number of hydrogen-bond acceptors (Lipinski definition) is 7. The summed E-state index contributed by atoms with van der Waals surface area (Å²) in [6.07, 6.45) is 1.06. The number of aromatic hydroxyl groups is 2. The van der Waals surface area contributed by atoms with Crippen molar-refractivity contribution in [3.63, 3.8) is 0 Å². The van der Waals surface area contributed by atoms with Crippen LogP contribution in [0.15, 0.2) is 52.3 Å². The highest BCUT2D eigenvalue weighted by atomic mass is 32.1. The number of H-pyrrole nitrogens is 1. The van der Waals surface area contributed by atoms with E-state index < -0.39 is 17.4 Å². The fourth-order valence-corrected chi connectivity index (χ4v) is 2.94. The predicted molar refractivity (Wildman–Crippen MR) is 112 cm³/mol. The summed E-state index contributed by atoms with van der Waals surface area (Å²) >= 11 is 5.17. The molecular weight excluding hydrogens is 410 g/mol. The third-order valence-corrected chi connectivity index (χ3v) is 4.37. The Morgan fingerprint density at radius 1 is 1.23 bits per heavy atom. The van der Waals surface area contributed by atoms with E-state index in [2.05, 4.69) is 9.98 Å². The number of phenolic OH excluding ortho intramolecular Hbond substituents is 1. The van der Waals surface area contributed by atoms with E-state index in [4.69, 9.17) is 22.1 Å². The van der Waals surface area contributed by atoms with Gasteiger partial charge in [0.25, 0.3) is 5.56 Å². The minimum Gasteiger partial charge on any atom is -0.506 e. The van der Waals surface area contributed by atoms with Crippen LogP contribution in [0.3, 0.4) is 0 Å². The molecular formula is C20H17N3O6S. The Kier molecular flexibility index (Phi) is 5.98. The van der Waals surface area contributed by atoms with Crippen molar-refractivity contribution >= 4 is 30.1 Å². The first-order chi connectivity index (χ1) is 14.3. The van der Waals surface area contributed by atoms with E-state index in [-0.39, 0.29) is 27.3 Å². The fourth-order valence-electron chi connectivity index (χ4n) is 2.65. The number of aromatic nitrogens is 2. The van der Waals surface area contributed by atoms with Crippen LogP contribution in [0, 0.1) is 4.77 Å². The van der Waals surface area contributed by atoms with E-state index >= 15 is 0 Å². The maximum absolute atomic E-state index is 12.3. The Morgan fingerprint density at radius 2 is 1.93 bits per heavy atom. The molecule has 1 aromatic heterocycles. The number of ether oxygens (including phenoxy) is 1. The number of benzene rings is 2. The van der Waals surface area contributed by atoms with Gasteiger partial charge >= 0.3 is 5.97 Å². The van der Waals surface area contributed by atoms with Crippen LogP contribution in [0.2, 0.25) is 0 Å². The zero-order valence-corrected chi connectivity index (χ0v) is 16.5. The number of carboxylic acids is 1. The number of hydrogen-bond donors (Lipinski definition) is 4. The smallest absolute Gasteiger partial charge is 0.335 e. The molecule has 0 spiro atoms. The lowest BCUT2D eigenvalue weighted by Gasteiger charge is -2.12. The first-order valence-electron chi connectivity index (χ1n) is 8.73. The lowest BCUT2D eigenvalue weighted by Crippen LogP contribution is -2.18. The Morgan fingerprint density at radius 3 is 2.53 bits per heavy atom. The second-order valence-corrected chi connectivity index (χ2v) is 6.41. The molecule has 154 valence electrons. The van der Waals surface area contributed by atoms with Crippen molar-refractivity contribution in [3.05, 3.63) is 68.7 Å². The maximum Gasteiger partial charge on any atom is 0.335 e. The summed E-state index contributed by atoms with van der Waals surface area (Å²) in [6.45, 7) is 2.36. The van der Waals surface area contributed by atoms with Crippen molar-refractivity contribution in [2.24, 2.45) is 4.99 Å². The van der Waals surface area contributed by atoms with Crippen LogP contribution < -0.4 is 10.3 Å². The summed E-state index contributed by atoms with van der Waals surface area (Å²) in [5.41, 5.74) is -0.477. The van der Waals surface area contributed by atoms with Gasteiger partial charge in [-0.3, -0.25) is 19.3 Å². The van der Waals surface area contributed by atoms with Gasteiger partial charge in [-0.2, -0.15) is 0 Å². The molecule has 30 heavy (non-hydrogen) atoms. The quantitative estimate of drug-likeness (QED) is 0.350. The molecule has 0 saturated carbocycles. The zero-order valence-electron chi connectivity index (χ0n) is 15.7. The molecule has 0 amide bonds. The standard InChI is InChI=1S/C20H17N3O6S/c1-2-29-13-6-4-12(5-7-13)23-18(26)14(17(25)22-20(23)30)10-21-15-8-3-11(19(27)28)9-16(15)24/h3-10,24,26H,2H2,1H3,(H,27,28)(H,22,25,30). The minimum absolute atomic E-state index is 0.0209. The van der Waals surface area contributed by atoms with Crippen LogP contribution in [0.25, 0.3) is 5.69 Å². The van der Waals surface area contributed by atoms with Gasteiger partial charge in [-0.1, -0.05) is 0 Å². The highest BCUT2D eigenvalue weighted by molar-refractivity contribution is 7.71. The van der Waals surface area contributed by atoms with Gasteiger partial charge in [0, 0.05) is 6.21 Å². The Hall–Kier alpha value is -3.92. The number of rotatable bonds is 6. The molecule has 1 heterocycles. The Balaban J connectivity index is 2.03. The predicted octanol–water partition coefficient (Wildman–Crippen LogP) is 3.15. The third-order valence-electron chi connectivity index (χ3n) is 4.08. The van der Waals surface area contributed by atoms with Gasteiger partial charge in [0.1, 0.15) is 22.7 Å². The summed E-state index contributed by atoms with van der Waals surface area (Å²) in [7, 11) is 0. The molecule has 0 saturated heterocycles. The van der Waals surface area contributed by atoms with Crippen LogP contribution in [0.1, 0.15) is 22.8 Å². The first kappa shape index (κ1) is 20.8. The largest absolute Gasteiger partial charge is 0.506 e. The third kappa shape index (κ3) is 4.23. The molecule has 0 bridgehead atoms. The van der Waals surface area contributed by atoms with E-state index in [9.17, 15) is 19.8 Å². The number of nitrogens with one attached hydrogen (secondary N) is 1. The van der Waals surface area contributed by atoms with Crippen molar-refractivity contribution in [2.45, 2.75) is 6.92 Å². The molecule has 0 aliphatic rings. The first-order valence-corrected chi connectivity index (χ1v) is 9.14. The van der Waals surface area contributed by atoms with E-state index in [1.807, 2.05) is 6.92 Å². The molecule has 0 radical (unpaired) electrons. The molecule has 0 unspecified atom stereocenters. The van der Waals surface area contributed by atoms with Crippen molar-refractivity contribution < 1.29 is 24.9 Å². The van der Waals surface area contributed by atoms with Gasteiger partial charge in [0.05, 0.1) is 17.9 Å². The number of aliphatic imine (C=N–C) groups is 1. The van der Waals surface area contributed by atoms with E-state index in [0.717, 1.165) is 12.3 Å². The molecule has 0 aliphatic heterocycles. The van der Waals surface area contributed by atoms with Gasteiger partial charge < -0.3 is 20.1 Å². The second-order valence-electron chi connectivity index (χ2n) is 6.03. The number of aromatic amines is 1. The van der Waals surface area contributed by atoms with E-state index in [0.29, 0.717) is 18.0 Å². The fraction of sp³-hybridized carbons (Fsp3) is 0.100. The monoisotopic (exact) mass is 427 g/mol. The summed E-state index contributed by atoms with van der Waals surface area (Å²) in [6, 6.07) is 10.3. The van der Waals surface area contributed by atoms with Crippen molar-refractivity contribution in [3.8, 4) is 23.1 Å². The normalized spacial score (nSPS) is 11.0. The molecule has 10 heteroatoms. The average Bonchev–Trinajstić information content (AvgIpc) is 2.70. The molecule has 0 atom stereocenters. The summed E-state index contributed by atoms with van der Waals surface area (Å²) in [5, 5.41) is 29.5. The van der Waals surface area contributed by atoms with E-state index in [1.54, 1.807) is 24.3 Å². The summed E-state index contributed by atoms with van der Waals surface area (Å²) < 4.78 is 6.62. The van der Waals surface area contributed by atoms with Crippen LogP contribution >= 0.6 is 12.2 Å². The highest BCUT2D eigenvalue weighted by Crippen LogP contribution is 2.28. The summed E-state index contributed by atoms with van der Waals surface area (Å²) in [5.74, 6) is -1.40. The number of aromatic carboxylic acids is 1. The SMILES string of the molecule is CCOc1ccc(-n2c(O)c(C=Nc3ccc(C(=O)O)cc3O)c(=O)[nH]c2=S)cc1.